The minimum atomic E-state index is -0.449. The fourth-order valence-electron chi connectivity index (χ4n) is 3.71. The highest BCUT2D eigenvalue weighted by molar-refractivity contribution is 7.14. The van der Waals surface area contributed by atoms with Crippen LogP contribution in [0.25, 0.3) is 5.70 Å². The molecule has 0 spiro atoms. The first-order chi connectivity index (χ1) is 14.1. The van der Waals surface area contributed by atoms with E-state index in [0.29, 0.717) is 53.2 Å². The van der Waals surface area contributed by atoms with Gasteiger partial charge in [-0.15, -0.1) is 11.3 Å². The van der Waals surface area contributed by atoms with Gasteiger partial charge in [0.25, 0.3) is 0 Å². The number of ketones is 1. The minimum Gasteiger partial charge on any atom is -0.379 e. The SMILES string of the molecule is O=C(Nc1cccc2c1C(=O)C1=C(c3csc(Cl)c3)N=NC12)NN1CCOCC1. The van der Waals surface area contributed by atoms with E-state index in [1.165, 1.54) is 11.3 Å². The zero-order chi connectivity index (χ0) is 20.0. The predicted molar refractivity (Wildman–Crippen MR) is 109 cm³/mol. The maximum Gasteiger partial charge on any atom is 0.333 e. The third-order valence-electron chi connectivity index (χ3n) is 5.02. The minimum absolute atomic E-state index is 0.172. The van der Waals surface area contributed by atoms with Crippen molar-refractivity contribution in [3.63, 3.8) is 0 Å². The molecule has 2 amide bonds. The maximum atomic E-state index is 13.3. The molecule has 0 saturated carbocycles. The summed E-state index contributed by atoms with van der Waals surface area (Å²) in [7, 11) is 0. The molecule has 1 unspecified atom stereocenters. The van der Waals surface area contributed by atoms with Crippen LogP contribution in [0.5, 0.6) is 0 Å². The number of carbonyl (C=O) groups excluding carboxylic acids is 2. The van der Waals surface area contributed by atoms with Crippen LogP contribution >= 0.6 is 22.9 Å². The summed E-state index contributed by atoms with van der Waals surface area (Å²) in [5.74, 6) is -0.172. The first-order valence-corrected chi connectivity index (χ1v) is 10.3. The van der Waals surface area contributed by atoms with Gasteiger partial charge in [0, 0.05) is 24.0 Å². The van der Waals surface area contributed by atoms with Crippen molar-refractivity contribution in [1.29, 1.82) is 0 Å². The molecule has 3 aliphatic rings. The average Bonchev–Trinajstić information content (AvgIpc) is 3.40. The Kier molecular flexibility index (Phi) is 4.67. The number of Topliss-reactive ketones (excluding diaryl/α,β-unsaturated/α-hetero) is 1. The second kappa shape index (κ2) is 7.34. The van der Waals surface area contributed by atoms with E-state index in [2.05, 4.69) is 21.0 Å². The Bertz CT molecular complexity index is 1070. The van der Waals surface area contributed by atoms with Crippen molar-refractivity contribution < 1.29 is 14.3 Å². The van der Waals surface area contributed by atoms with Gasteiger partial charge in [-0.3, -0.25) is 10.2 Å². The third kappa shape index (κ3) is 3.25. The lowest BCUT2D eigenvalue weighted by atomic mass is 10.0. The van der Waals surface area contributed by atoms with Gasteiger partial charge in [-0.05, 0) is 17.7 Å². The number of fused-ring (bicyclic) bond motifs is 3. The quantitative estimate of drug-likeness (QED) is 0.773. The van der Waals surface area contributed by atoms with E-state index in [9.17, 15) is 9.59 Å². The summed E-state index contributed by atoms with van der Waals surface area (Å²) >= 11 is 7.42. The molecule has 2 aliphatic heterocycles. The molecule has 5 rings (SSSR count). The van der Waals surface area contributed by atoms with Gasteiger partial charge >= 0.3 is 6.03 Å². The second-order valence-corrected chi connectivity index (χ2v) is 8.33. The van der Waals surface area contributed by atoms with Crippen LogP contribution in [0.1, 0.15) is 27.5 Å². The van der Waals surface area contributed by atoms with Crippen LogP contribution in [0.3, 0.4) is 0 Å². The van der Waals surface area contributed by atoms with Gasteiger partial charge in [-0.25, -0.2) is 9.80 Å². The van der Waals surface area contributed by atoms with Crippen LogP contribution in [0.15, 0.2) is 45.4 Å². The van der Waals surface area contributed by atoms with Gasteiger partial charge in [0.1, 0.15) is 11.7 Å². The number of benzene rings is 1. The molecule has 1 aromatic heterocycles. The number of rotatable bonds is 3. The Labute approximate surface area is 175 Å². The van der Waals surface area contributed by atoms with Gasteiger partial charge in [0.05, 0.1) is 34.4 Å². The van der Waals surface area contributed by atoms with E-state index in [-0.39, 0.29) is 5.78 Å². The van der Waals surface area contributed by atoms with Gasteiger partial charge in [0.15, 0.2) is 5.78 Å². The fourth-order valence-corrected chi connectivity index (χ4v) is 4.58. The number of hydrogen-bond acceptors (Lipinski definition) is 7. The van der Waals surface area contributed by atoms with Crippen LogP contribution in [-0.4, -0.2) is 43.1 Å². The summed E-state index contributed by atoms with van der Waals surface area (Å²) in [6.45, 7) is 2.35. The molecular weight excluding hydrogens is 414 g/mol. The van der Waals surface area contributed by atoms with Gasteiger partial charge in [-0.2, -0.15) is 10.2 Å². The molecule has 1 atom stereocenters. The fraction of sp³-hybridized carbons (Fsp3) is 0.263. The lowest BCUT2D eigenvalue weighted by Gasteiger charge is -2.27. The number of ether oxygens (including phenoxy) is 1. The van der Waals surface area contributed by atoms with Gasteiger partial charge in [0.2, 0.25) is 0 Å². The Balaban J connectivity index is 1.43. The average molecular weight is 430 g/mol. The van der Waals surface area contributed by atoms with E-state index >= 15 is 0 Å². The number of halogens is 1. The molecular formula is C19H16ClN5O3S. The molecule has 1 aliphatic carbocycles. The molecule has 2 N–H and O–H groups in total. The standard InChI is InChI=1S/C19H16ClN5O3S/c20-13-8-10(9-29-13)16-15-17(23-22-16)11-2-1-3-12(14(11)18(15)26)21-19(27)24-25-4-6-28-7-5-25/h1-3,8-9,17H,4-7H2,(H2,21,24,27). The number of hydrogen-bond donors (Lipinski definition) is 2. The number of hydrazine groups is 1. The number of nitrogens with one attached hydrogen (secondary N) is 2. The van der Waals surface area contributed by atoms with Crippen LogP contribution < -0.4 is 10.7 Å². The number of thiophene rings is 1. The molecule has 3 heterocycles. The van der Waals surface area contributed by atoms with E-state index < -0.39 is 12.1 Å². The number of amides is 2. The van der Waals surface area contributed by atoms with Crippen molar-refractivity contribution in [3.8, 4) is 0 Å². The summed E-state index contributed by atoms with van der Waals surface area (Å²) < 4.78 is 5.90. The van der Waals surface area contributed by atoms with E-state index in [0.717, 1.165) is 11.1 Å². The van der Waals surface area contributed by atoms with E-state index in [1.54, 1.807) is 23.2 Å². The molecule has 2 aromatic rings. The summed E-state index contributed by atoms with van der Waals surface area (Å²) in [5, 5.41) is 15.0. The van der Waals surface area contributed by atoms with Crippen molar-refractivity contribution >= 4 is 46.1 Å². The molecule has 10 heteroatoms. The van der Waals surface area contributed by atoms with E-state index in [4.69, 9.17) is 16.3 Å². The second-order valence-electron chi connectivity index (χ2n) is 6.78. The number of nitrogens with zero attached hydrogens (tertiary/aromatic N) is 3. The topological polar surface area (TPSA) is 95.4 Å². The first kappa shape index (κ1) is 18.4. The molecule has 148 valence electrons. The van der Waals surface area contributed by atoms with Crippen molar-refractivity contribution in [2.24, 2.45) is 10.2 Å². The van der Waals surface area contributed by atoms with Crippen molar-refractivity contribution in [2.45, 2.75) is 6.04 Å². The summed E-state index contributed by atoms with van der Waals surface area (Å²) in [6, 6.07) is 6.30. The normalized spacial score (nSPS) is 20.7. The van der Waals surface area contributed by atoms with Gasteiger partial charge < -0.3 is 10.1 Å². The number of azo groups is 1. The maximum absolute atomic E-state index is 13.3. The third-order valence-corrected chi connectivity index (χ3v) is 6.12. The molecule has 1 aromatic carbocycles. The number of morpholine rings is 1. The molecule has 1 fully saturated rings. The highest BCUT2D eigenvalue weighted by Gasteiger charge is 2.42. The van der Waals surface area contributed by atoms with Crippen LogP contribution in [-0.2, 0) is 4.74 Å². The highest BCUT2D eigenvalue weighted by Crippen LogP contribution is 2.49. The molecule has 0 radical (unpaired) electrons. The Morgan fingerprint density at radius 3 is 2.90 bits per heavy atom. The van der Waals surface area contributed by atoms with Crippen molar-refractivity contribution in [2.75, 3.05) is 31.6 Å². The molecule has 29 heavy (non-hydrogen) atoms. The molecule has 1 saturated heterocycles. The Hall–Kier alpha value is -2.59. The van der Waals surface area contributed by atoms with Crippen LogP contribution in [0, 0.1) is 0 Å². The lowest BCUT2D eigenvalue weighted by molar-refractivity contribution is 0.0207. The Morgan fingerprint density at radius 2 is 2.14 bits per heavy atom. The number of urea groups is 1. The largest absolute Gasteiger partial charge is 0.379 e. The van der Waals surface area contributed by atoms with Crippen molar-refractivity contribution in [3.05, 3.63) is 56.2 Å². The summed E-state index contributed by atoms with van der Waals surface area (Å²) in [5.41, 5.74) is 6.30. The monoisotopic (exact) mass is 429 g/mol. The predicted octanol–water partition coefficient (Wildman–Crippen LogP) is 3.88. The smallest absolute Gasteiger partial charge is 0.333 e. The summed E-state index contributed by atoms with van der Waals surface area (Å²) in [4.78, 5) is 25.7. The van der Waals surface area contributed by atoms with E-state index in [1.807, 2.05) is 11.4 Å². The highest BCUT2D eigenvalue weighted by atomic mass is 35.5. The Morgan fingerprint density at radius 1 is 1.31 bits per heavy atom. The van der Waals surface area contributed by atoms with Crippen LogP contribution in [0.4, 0.5) is 10.5 Å². The summed E-state index contributed by atoms with van der Waals surface area (Å²) in [6.07, 6.45) is 0. The molecule has 8 nitrogen and oxygen atoms in total. The lowest BCUT2D eigenvalue weighted by Crippen LogP contribution is -2.49. The number of anilines is 1. The number of carbonyl (C=O) groups is 2. The first-order valence-electron chi connectivity index (χ1n) is 9.09. The van der Waals surface area contributed by atoms with Crippen molar-refractivity contribution in [1.82, 2.24) is 10.4 Å². The van der Waals surface area contributed by atoms with Crippen LogP contribution in [0.2, 0.25) is 4.34 Å². The van der Waals surface area contributed by atoms with Gasteiger partial charge in [-0.1, -0.05) is 23.7 Å². The molecule has 0 bridgehead atoms. The zero-order valence-corrected chi connectivity index (χ0v) is 16.7. The zero-order valence-electron chi connectivity index (χ0n) is 15.1.